The van der Waals surface area contributed by atoms with Crippen LogP contribution in [-0.4, -0.2) is 17.0 Å². The standard InChI is InChI=1S/C22H19F2N3/c1-4-6-8-14(5-2)21-26-19-12-11-15(13-17(19)22(25-3)27-21)16-9-7-10-18(23)20(16)24/h4-13H,2H2,1,3H3,(H,25,26,27)/b6-4-,14-8+. The summed E-state index contributed by atoms with van der Waals surface area (Å²) in [5.41, 5.74) is 2.23. The molecule has 0 spiro atoms. The first-order chi connectivity index (χ1) is 13.1. The normalized spacial score (nSPS) is 11.9. The van der Waals surface area contributed by atoms with E-state index >= 15 is 0 Å². The quantitative estimate of drug-likeness (QED) is 0.586. The van der Waals surface area contributed by atoms with Gasteiger partial charge in [-0.1, -0.05) is 49.1 Å². The van der Waals surface area contributed by atoms with Crippen molar-refractivity contribution in [2.24, 2.45) is 0 Å². The number of allylic oxidation sites excluding steroid dienone is 5. The van der Waals surface area contributed by atoms with E-state index in [1.165, 1.54) is 6.07 Å². The van der Waals surface area contributed by atoms with Crippen molar-refractivity contribution in [3.63, 3.8) is 0 Å². The van der Waals surface area contributed by atoms with E-state index in [4.69, 9.17) is 0 Å². The van der Waals surface area contributed by atoms with Crippen molar-refractivity contribution in [3.8, 4) is 11.1 Å². The van der Waals surface area contributed by atoms with Gasteiger partial charge < -0.3 is 5.32 Å². The zero-order valence-corrected chi connectivity index (χ0v) is 15.1. The van der Waals surface area contributed by atoms with E-state index in [-0.39, 0.29) is 5.56 Å². The van der Waals surface area contributed by atoms with Crippen LogP contribution < -0.4 is 5.32 Å². The molecular formula is C22H19F2N3. The first kappa shape index (κ1) is 18.5. The smallest absolute Gasteiger partial charge is 0.166 e. The number of rotatable bonds is 5. The van der Waals surface area contributed by atoms with Crippen molar-refractivity contribution in [3.05, 3.63) is 84.7 Å². The van der Waals surface area contributed by atoms with Crippen LogP contribution in [0, 0.1) is 11.6 Å². The maximum atomic E-state index is 14.2. The molecule has 1 heterocycles. The fourth-order valence-corrected chi connectivity index (χ4v) is 2.78. The summed E-state index contributed by atoms with van der Waals surface area (Å²) in [5, 5.41) is 3.77. The molecule has 0 aliphatic carbocycles. The molecule has 27 heavy (non-hydrogen) atoms. The average molecular weight is 363 g/mol. The third-order valence-electron chi connectivity index (χ3n) is 4.14. The monoisotopic (exact) mass is 363 g/mol. The minimum Gasteiger partial charge on any atom is -0.373 e. The number of halogens is 2. The summed E-state index contributed by atoms with van der Waals surface area (Å²) in [7, 11) is 1.75. The van der Waals surface area contributed by atoms with Gasteiger partial charge in [0, 0.05) is 23.6 Å². The maximum absolute atomic E-state index is 14.2. The third kappa shape index (κ3) is 3.62. The van der Waals surface area contributed by atoms with Crippen molar-refractivity contribution in [1.29, 1.82) is 0 Å². The van der Waals surface area contributed by atoms with Crippen LogP contribution in [-0.2, 0) is 0 Å². The molecule has 0 unspecified atom stereocenters. The van der Waals surface area contributed by atoms with E-state index in [2.05, 4.69) is 21.9 Å². The molecule has 0 saturated heterocycles. The summed E-state index contributed by atoms with van der Waals surface area (Å²) in [5.74, 6) is -0.618. The number of aromatic nitrogens is 2. The highest BCUT2D eigenvalue weighted by atomic mass is 19.2. The number of hydrogen-bond acceptors (Lipinski definition) is 3. The number of fused-ring (bicyclic) bond motifs is 1. The molecule has 3 aromatic rings. The molecule has 0 aliphatic rings. The lowest BCUT2D eigenvalue weighted by Crippen LogP contribution is -2.01. The van der Waals surface area contributed by atoms with Crippen LogP contribution in [0.1, 0.15) is 12.7 Å². The second-order valence-electron chi connectivity index (χ2n) is 5.83. The largest absolute Gasteiger partial charge is 0.373 e. The molecule has 0 bridgehead atoms. The molecule has 0 fully saturated rings. The lowest BCUT2D eigenvalue weighted by atomic mass is 10.0. The van der Waals surface area contributed by atoms with Gasteiger partial charge in [-0.15, -0.1) is 0 Å². The molecular weight excluding hydrogens is 344 g/mol. The molecule has 2 aromatic carbocycles. The van der Waals surface area contributed by atoms with Crippen LogP contribution in [0.15, 0.2) is 67.3 Å². The highest BCUT2D eigenvalue weighted by Crippen LogP contribution is 2.30. The molecule has 0 atom stereocenters. The van der Waals surface area contributed by atoms with Crippen LogP contribution in [0.4, 0.5) is 14.6 Å². The van der Waals surface area contributed by atoms with Gasteiger partial charge in [-0.3, -0.25) is 0 Å². The van der Waals surface area contributed by atoms with Crippen LogP contribution >= 0.6 is 0 Å². The topological polar surface area (TPSA) is 37.8 Å². The van der Waals surface area contributed by atoms with Gasteiger partial charge in [-0.05, 0) is 30.7 Å². The SMILES string of the molecule is C=C/C(=C\C=C/C)c1nc(NC)c2cc(-c3cccc(F)c3F)ccc2n1. The number of hydrogen-bond donors (Lipinski definition) is 1. The Morgan fingerprint density at radius 1 is 1.15 bits per heavy atom. The summed E-state index contributed by atoms with van der Waals surface area (Å²) < 4.78 is 27.7. The molecule has 136 valence electrons. The average Bonchev–Trinajstić information content (AvgIpc) is 2.69. The Morgan fingerprint density at radius 3 is 2.67 bits per heavy atom. The second kappa shape index (κ2) is 7.91. The molecule has 3 nitrogen and oxygen atoms in total. The molecule has 3 rings (SSSR count). The number of nitrogens with zero attached hydrogens (tertiary/aromatic N) is 2. The first-order valence-corrected chi connectivity index (χ1v) is 8.48. The Morgan fingerprint density at radius 2 is 1.96 bits per heavy atom. The van der Waals surface area contributed by atoms with Crippen molar-refractivity contribution in [1.82, 2.24) is 9.97 Å². The third-order valence-corrected chi connectivity index (χ3v) is 4.14. The van der Waals surface area contributed by atoms with E-state index in [1.807, 2.05) is 25.2 Å². The number of nitrogens with one attached hydrogen (secondary N) is 1. The lowest BCUT2D eigenvalue weighted by molar-refractivity contribution is 0.511. The number of anilines is 1. The van der Waals surface area contributed by atoms with Crippen LogP contribution in [0.25, 0.3) is 27.6 Å². The highest BCUT2D eigenvalue weighted by Gasteiger charge is 2.13. The van der Waals surface area contributed by atoms with Gasteiger partial charge in [0.25, 0.3) is 0 Å². The molecule has 0 radical (unpaired) electrons. The predicted octanol–water partition coefficient (Wildman–Crippen LogP) is 5.76. The molecule has 5 heteroatoms. The molecule has 0 saturated carbocycles. The Labute approximate surface area is 156 Å². The van der Waals surface area contributed by atoms with Gasteiger partial charge in [0.05, 0.1) is 5.52 Å². The van der Waals surface area contributed by atoms with Gasteiger partial charge in [-0.2, -0.15) is 0 Å². The highest BCUT2D eigenvalue weighted by molar-refractivity contribution is 5.94. The Hall–Kier alpha value is -3.34. The lowest BCUT2D eigenvalue weighted by Gasteiger charge is -2.11. The summed E-state index contributed by atoms with van der Waals surface area (Å²) in [6, 6.07) is 9.38. The Kier molecular flexibility index (Phi) is 5.41. The van der Waals surface area contributed by atoms with E-state index in [9.17, 15) is 8.78 Å². The minimum absolute atomic E-state index is 0.197. The molecule has 1 aromatic heterocycles. The molecule has 0 aliphatic heterocycles. The maximum Gasteiger partial charge on any atom is 0.166 e. The molecule has 0 amide bonds. The summed E-state index contributed by atoms with van der Waals surface area (Å²) in [6.07, 6.45) is 7.37. The second-order valence-corrected chi connectivity index (χ2v) is 5.83. The van der Waals surface area contributed by atoms with Gasteiger partial charge in [0.15, 0.2) is 17.5 Å². The van der Waals surface area contributed by atoms with Crippen LogP contribution in [0.2, 0.25) is 0 Å². The van der Waals surface area contributed by atoms with Crippen molar-refractivity contribution < 1.29 is 8.78 Å². The van der Waals surface area contributed by atoms with Gasteiger partial charge in [0.1, 0.15) is 5.82 Å². The van der Waals surface area contributed by atoms with Crippen LogP contribution in [0.3, 0.4) is 0 Å². The predicted molar refractivity (Wildman–Crippen MR) is 107 cm³/mol. The van der Waals surface area contributed by atoms with Gasteiger partial charge in [-0.25, -0.2) is 18.7 Å². The zero-order valence-electron chi connectivity index (χ0n) is 15.1. The first-order valence-electron chi connectivity index (χ1n) is 8.48. The Bertz CT molecular complexity index is 1070. The summed E-state index contributed by atoms with van der Waals surface area (Å²) >= 11 is 0. The Balaban J connectivity index is 2.19. The van der Waals surface area contributed by atoms with Gasteiger partial charge >= 0.3 is 0 Å². The van der Waals surface area contributed by atoms with Gasteiger partial charge in [0.2, 0.25) is 0 Å². The van der Waals surface area contributed by atoms with Crippen molar-refractivity contribution in [2.75, 3.05) is 12.4 Å². The minimum atomic E-state index is -0.877. The van der Waals surface area contributed by atoms with E-state index in [1.54, 1.807) is 37.4 Å². The van der Waals surface area contributed by atoms with Crippen LogP contribution in [0.5, 0.6) is 0 Å². The van der Waals surface area contributed by atoms with E-state index in [0.717, 1.165) is 17.0 Å². The number of benzene rings is 2. The van der Waals surface area contributed by atoms with Crippen molar-refractivity contribution >= 4 is 22.3 Å². The zero-order chi connectivity index (χ0) is 19.4. The fraction of sp³-hybridized carbons (Fsp3) is 0.0909. The summed E-state index contributed by atoms with van der Waals surface area (Å²) in [4.78, 5) is 9.15. The van der Waals surface area contributed by atoms with E-state index in [0.29, 0.717) is 22.7 Å². The van der Waals surface area contributed by atoms with E-state index < -0.39 is 11.6 Å². The molecule has 1 N–H and O–H groups in total. The van der Waals surface area contributed by atoms with Crippen molar-refractivity contribution in [2.45, 2.75) is 6.92 Å². The fourth-order valence-electron chi connectivity index (χ4n) is 2.78. The summed E-state index contributed by atoms with van der Waals surface area (Å²) in [6.45, 7) is 5.74.